The molecule has 0 radical (unpaired) electrons. The van der Waals surface area contributed by atoms with Crippen molar-refractivity contribution >= 4 is 8.38 Å². The van der Waals surface area contributed by atoms with Crippen LogP contribution < -0.4 is 11.2 Å². The summed E-state index contributed by atoms with van der Waals surface area (Å²) in [6.45, 7) is 0.519. The molecule has 102 valence electrons. The fraction of sp³-hybridized carbons (Fsp3) is 0.556. The summed E-state index contributed by atoms with van der Waals surface area (Å²) in [6, 6.07) is 0. The Morgan fingerprint density at radius 3 is 2.78 bits per heavy atom. The molecule has 9 heteroatoms. The second kappa shape index (κ2) is 6.75. The van der Waals surface area contributed by atoms with Crippen molar-refractivity contribution in [1.82, 2.24) is 9.55 Å². The molecule has 0 aliphatic rings. The van der Waals surface area contributed by atoms with Crippen molar-refractivity contribution in [3.05, 3.63) is 32.6 Å². The molecular formula is C9H14FN2O5P. The number of halogens is 1. The van der Waals surface area contributed by atoms with Gasteiger partial charge in [-0.1, -0.05) is 0 Å². The van der Waals surface area contributed by atoms with Gasteiger partial charge >= 0.3 is 5.69 Å². The van der Waals surface area contributed by atoms with Gasteiger partial charge in [0.05, 0.1) is 6.54 Å². The molecule has 18 heavy (non-hydrogen) atoms. The smallest absolute Gasteiger partial charge is 0.328 e. The Morgan fingerprint density at radius 1 is 1.56 bits per heavy atom. The first-order chi connectivity index (χ1) is 8.43. The highest BCUT2D eigenvalue weighted by Gasteiger charge is 2.13. The molecule has 0 saturated heterocycles. The first-order valence-corrected chi connectivity index (χ1v) is 6.50. The first kappa shape index (κ1) is 15.0. The predicted octanol–water partition coefficient (Wildman–Crippen LogP) is -0.546. The monoisotopic (exact) mass is 280 g/mol. The molecule has 0 fully saturated rings. The summed E-state index contributed by atoms with van der Waals surface area (Å²) in [5.74, 6) is 0. The van der Waals surface area contributed by atoms with E-state index in [1.807, 2.05) is 0 Å². The third-order valence-corrected chi connectivity index (χ3v) is 2.57. The number of ether oxygens (including phenoxy) is 1. The van der Waals surface area contributed by atoms with Crippen LogP contribution in [0.4, 0.5) is 4.39 Å². The number of hydrogen-bond acceptors (Lipinski definition) is 5. The van der Waals surface area contributed by atoms with Gasteiger partial charge in [-0.25, -0.2) is 9.18 Å². The zero-order valence-electron chi connectivity index (χ0n) is 9.67. The van der Waals surface area contributed by atoms with Crippen LogP contribution in [-0.4, -0.2) is 38.5 Å². The van der Waals surface area contributed by atoms with Crippen LogP contribution in [0.1, 0.15) is 5.56 Å². The number of rotatable bonds is 6. The lowest BCUT2D eigenvalue weighted by molar-refractivity contribution is 0.0470. The maximum Gasteiger partial charge on any atom is 0.328 e. The van der Waals surface area contributed by atoms with Gasteiger partial charge in [-0.2, -0.15) is 0 Å². The fourth-order valence-corrected chi connectivity index (χ4v) is 1.64. The van der Waals surface area contributed by atoms with E-state index in [0.29, 0.717) is 5.56 Å². The molecule has 1 unspecified atom stereocenters. The minimum atomic E-state index is -2.27. The quantitative estimate of drug-likeness (QED) is 0.607. The molecule has 0 aliphatic carbocycles. The highest BCUT2D eigenvalue weighted by atomic mass is 31.2. The van der Waals surface area contributed by atoms with Crippen LogP contribution in [0.3, 0.4) is 0 Å². The van der Waals surface area contributed by atoms with E-state index in [0.717, 1.165) is 4.57 Å². The second-order valence-electron chi connectivity index (χ2n) is 3.67. The summed E-state index contributed by atoms with van der Waals surface area (Å²) >= 11 is 0. The van der Waals surface area contributed by atoms with E-state index < -0.39 is 32.4 Å². The number of aromatic nitrogens is 2. The summed E-state index contributed by atoms with van der Waals surface area (Å²) in [5, 5.41) is 0. The Kier molecular flexibility index (Phi) is 5.61. The van der Waals surface area contributed by atoms with Crippen LogP contribution in [0, 0.1) is 6.92 Å². The van der Waals surface area contributed by atoms with Crippen LogP contribution in [0.2, 0.25) is 0 Å². The number of nitrogens with one attached hydrogen (secondary N) is 1. The molecule has 1 heterocycles. The lowest BCUT2D eigenvalue weighted by atomic mass is 10.3. The van der Waals surface area contributed by atoms with Crippen molar-refractivity contribution in [2.24, 2.45) is 0 Å². The van der Waals surface area contributed by atoms with Gasteiger partial charge in [0.15, 0.2) is 8.38 Å². The summed E-state index contributed by atoms with van der Waals surface area (Å²) < 4.78 is 18.6. The molecule has 7 nitrogen and oxygen atoms in total. The predicted molar refractivity (Wildman–Crippen MR) is 63.1 cm³/mol. The third-order valence-electron chi connectivity index (χ3n) is 2.19. The molecule has 1 aromatic rings. The highest BCUT2D eigenvalue weighted by Crippen LogP contribution is 2.23. The fourth-order valence-electron chi connectivity index (χ4n) is 1.29. The van der Waals surface area contributed by atoms with Gasteiger partial charge in [0.2, 0.25) is 0 Å². The number of hydrogen-bond donors (Lipinski definition) is 3. The molecule has 1 rings (SSSR count). The third kappa shape index (κ3) is 4.30. The van der Waals surface area contributed by atoms with Crippen molar-refractivity contribution in [1.29, 1.82) is 0 Å². The number of H-pyrrole nitrogens is 1. The summed E-state index contributed by atoms with van der Waals surface area (Å²) in [4.78, 5) is 41.9. The molecule has 0 bridgehead atoms. The van der Waals surface area contributed by atoms with Crippen LogP contribution in [-0.2, 0) is 11.3 Å². The average Bonchev–Trinajstić information content (AvgIpc) is 2.30. The van der Waals surface area contributed by atoms with Gasteiger partial charge in [-0.3, -0.25) is 14.3 Å². The lowest BCUT2D eigenvalue weighted by Crippen LogP contribution is -2.35. The molecule has 0 aromatic carbocycles. The van der Waals surface area contributed by atoms with E-state index in [1.54, 1.807) is 0 Å². The molecule has 0 spiro atoms. The highest BCUT2D eigenvalue weighted by molar-refractivity contribution is 7.44. The Bertz CT molecular complexity index is 500. The van der Waals surface area contributed by atoms with Crippen molar-refractivity contribution in [2.75, 3.05) is 13.0 Å². The van der Waals surface area contributed by atoms with E-state index >= 15 is 0 Å². The number of aromatic amines is 1. The van der Waals surface area contributed by atoms with E-state index in [1.165, 1.54) is 13.1 Å². The van der Waals surface area contributed by atoms with Gasteiger partial charge in [0.1, 0.15) is 19.1 Å². The average molecular weight is 280 g/mol. The Balaban J connectivity index is 2.79. The molecule has 0 saturated carbocycles. The standard InChI is InChI=1S/C9H14FN2O5P/c1-6-3-12(9(14)11-8(6)13)4-7(2-10)17-5-18(15)16/h3,7,15-16H,2,4-5H2,1H3,(H,11,13,14). The largest absolute Gasteiger partial charge is 0.364 e. The van der Waals surface area contributed by atoms with Crippen LogP contribution in [0.15, 0.2) is 15.8 Å². The molecule has 0 aliphatic heterocycles. The van der Waals surface area contributed by atoms with Crippen molar-refractivity contribution in [3.63, 3.8) is 0 Å². The number of alkyl halides is 1. The van der Waals surface area contributed by atoms with Gasteiger partial charge in [-0.05, 0) is 6.92 Å². The number of nitrogens with zero attached hydrogens (tertiary/aromatic N) is 1. The Morgan fingerprint density at radius 2 is 2.22 bits per heavy atom. The van der Waals surface area contributed by atoms with Crippen LogP contribution >= 0.6 is 8.38 Å². The second-order valence-corrected chi connectivity index (χ2v) is 4.67. The van der Waals surface area contributed by atoms with Crippen molar-refractivity contribution in [3.8, 4) is 0 Å². The van der Waals surface area contributed by atoms with Gasteiger partial charge < -0.3 is 14.5 Å². The summed E-state index contributed by atoms with van der Waals surface area (Å²) in [7, 11) is -2.27. The molecule has 1 aromatic heterocycles. The molecule has 0 amide bonds. The van der Waals surface area contributed by atoms with E-state index in [4.69, 9.17) is 14.5 Å². The van der Waals surface area contributed by atoms with Crippen LogP contribution in [0.5, 0.6) is 0 Å². The van der Waals surface area contributed by atoms with Gasteiger partial charge in [0.25, 0.3) is 5.56 Å². The maximum absolute atomic E-state index is 12.6. The Hall–Kier alpha value is -1.08. The molecular weight excluding hydrogens is 266 g/mol. The first-order valence-electron chi connectivity index (χ1n) is 5.07. The van der Waals surface area contributed by atoms with Crippen molar-refractivity contribution in [2.45, 2.75) is 19.6 Å². The zero-order chi connectivity index (χ0) is 13.7. The number of aryl methyl sites for hydroxylation is 1. The maximum atomic E-state index is 12.6. The van der Waals surface area contributed by atoms with E-state index in [2.05, 4.69) is 4.98 Å². The minimum absolute atomic E-state index is 0.115. The van der Waals surface area contributed by atoms with Gasteiger partial charge in [0, 0.05) is 11.8 Å². The van der Waals surface area contributed by atoms with Gasteiger partial charge in [-0.15, -0.1) is 0 Å². The normalized spacial score (nSPS) is 12.9. The van der Waals surface area contributed by atoms with E-state index in [-0.39, 0.29) is 12.9 Å². The van der Waals surface area contributed by atoms with Crippen LogP contribution in [0.25, 0.3) is 0 Å². The Labute approximate surface area is 103 Å². The molecule has 1 atom stereocenters. The lowest BCUT2D eigenvalue weighted by Gasteiger charge is -2.16. The topological polar surface area (TPSA) is 105 Å². The zero-order valence-corrected chi connectivity index (χ0v) is 10.6. The SMILES string of the molecule is Cc1cn(CC(CF)OCP(O)O)c(=O)[nH]c1=O. The summed E-state index contributed by atoms with van der Waals surface area (Å²) in [5.41, 5.74) is -0.843. The summed E-state index contributed by atoms with van der Waals surface area (Å²) in [6.07, 6.45) is -0.0631. The van der Waals surface area contributed by atoms with Crippen molar-refractivity contribution < 1.29 is 18.9 Å². The minimum Gasteiger partial charge on any atom is -0.364 e. The molecule has 3 N–H and O–H groups in total. The van der Waals surface area contributed by atoms with E-state index in [9.17, 15) is 14.0 Å².